The first-order chi connectivity index (χ1) is 17.7. The van der Waals surface area contributed by atoms with E-state index in [4.69, 9.17) is 4.74 Å². The maximum absolute atomic E-state index is 13.2. The van der Waals surface area contributed by atoms with Crippen molar-refractivity contribution in [3.05, 3.63) is 137 Å². The summed E-state index contributed by atoms with van der Waals surface area (Å²) in [6, 6.07) is 31.6. The molecule has 0 aliphatic carbocycles. The molecule has 1 atom stereocenters. The summed E-state index contributed by atoms with van der Waals surface area (Å²) < 4.78 is 5.69. The molecule has 1 amide bonds. The van der Waals surface area contributed by atoms with E-state index in [1.54, 1.807) is 84.9 Å². The molecule has 0 spiro atoms. The van der Waals surface area contributed by atoms with Crippen molar-refractivity contribution in [2.75, 3.05) is 5.32 Å². The van der Waals surface area contributed by atoms with Crippen LogP contribution >= 0.6 is 0 Å². The van der Waals surface area contributed by atoms with Gasteiger partial charge in [-0.05, 0) is 47.4 Å². The molecular weight excluding hydrogens is 462 g/mol. The summed E-state index contributed by atoms with van der Waals surface area (Å²) in [7, 11) is 0. The van der Waals surface area contributed by atoms with Gasteiger partial charge in [0.15, 0.2) is 6.10 Å². The number of nitrogens with one attached hydrogen (secondary N) is 1. The van der Waals surface area contributed by atoms with Crippen molar-refractivity contribution in [1.82, 2.24) is 0 Å². The third-order valence-electron chi connectivity index (χ3n) is 6.02. The predicted molar refractivity (Wildman–Crippen MR) is 145 cm³/mol. The van der Waals surface area contributed by atoms with E-state index in [9.17, 15) is 14.4 Å². The van der Waals surface area contributed by atoms with E-state index in [0.717, 1.165) is 5.56 Å². The second-order valence-corrected chi connectivity index (χ2v) is 9.79. The summed E-state index contributed by atoms with van der Waals surface area (Å²) in [6.07, 6.45) is -1.08. The van der Waals surface area contributed by atoms with Gasteiger partial charge in [-0.1, -0.05) is 93.6 Å². The molecule has 0 aliphatic heterocycles. The highest BCUT2D eigenvalue weighted by atomic mass is 16.5. The molecule has 0 fully saturated rings. The third-order valence-corrected chi connectivity index (χ3v) is 6.02. The molecule has 0 saturated heterocycles. The number of rotatable bonds is 7. The number of esters is 1. The van der Waals surface area contributed by atoms with Gasteiger partial charge in [0.25, 0.3) is 5.91 Å². The molecule has 186 valence electrons. The van der Waals surface area contributed by atoms with Crippen LogP contribution in [0.25, 0.3) is 0 Å². The van der Waals surface area contributed by atoms with Crippen molar-refractivity contribution in [3.8, 4) is 0 Å². The average molecular weight is 492 g/mol. The molecule has 1 N–H and O–H groups in total. The van der Waals surface area contributed by atoms with Gasteiger partial charge in [0.1, 0.15) is 0 Å². The smallest absolute Gasteiger partial charge is 0.339 e. The van der Waals surface area contributed by atoms with E-state index in [1.165, 1.54) is 0 Å². The summed E-state index contributed by atoms with van der Waals surface area (Å²) in [5.41, 5.74) is 3.55. The first-order valence-corrected chi connectivity index (χ1v) is 12.1. The van der Waals surface area contributed by atoms with E-state index in [1.807, 2.05) is 24.3 Å². The lowest BCUT2D eigenvalue weighted by Crippen LogP contribution is -2.20. The minimum atomic E-state index is -1.08. The zero-order valence-electron chi connectivity index (χ0n) is 21.1. The standard InChI is InChI=1S/C32H29NO4/c1-32(2,3)26-18-14-24(15-19-26)30(35)33-27-20-16-25(17-21-27)31(36)37-29(23-12-8-5-9-13-23)28(34)22-10-6-4-7-11-22/h4-21,29H,1-3H3,(H,33,35). The van der Waals surface area contributed by atoms with Crippen LogP contribution in [0.2, 0.25) is 0 Å². The number of benzene rings is 4. The molecule has 37 heavy (non-hydrogen) atoms. The topological polar surface area (TPSA) is 72.5 Å². The van der Waals surface area contributed by atoms with Crippen LogP contribution in [0.5, 0.6) is 0 Å². The fourth-order valence-corrected chi connectivity index (χ4v) is 3.84. The Morgan fingerprint density at radius 1 is 0.649 bits per heavy atom. The lowest BCUT2D eigenvalue weighted by Gasteiger charge is -2.19. The molecule has 4 aromatic rings. The molecule has 1 unspecified atom stereocenters. The van der Waals surface area contributed by atoms with Crippen LogP contribution in [0.3, 0.4) is 0 Å². The molecular formula is C32H29NO4. The van der Waals surface area contributed by atoms with E-state index in [0.29, 0.717) is 22.4 Å². The first-order valence-electron chi connectivity index (χ1n) is 12.1. The Hall–Kier alpha value is -4.51. The molecule has 0 aliphatic rings. The second-order valence-electron chi connectivity index (χ2n) is 9.79. The number of ketones is 1. The highest BCUT2D eigenvalue weighted by Crippen LogP contribution is 2.25. The van der Waals surface area contributed by atoms with Crippen molar-refractivity contribution >= 4 is 23.3 Å². The number of carbonyl (C=O) groups is 3. The normalized spacial score (nSPS) is 11.9. The van der Waals surface area contributed by atoms with Gasteiger partial charge in [0, 0.05) is 22.4 Å². The molecule has 4 aromatic carbocycles. The van der Waals surface area contributed by atoms with Crippen molar-refractivity contribution in [3.63, 3.8) is 0 Å². The summed E-state index contributed by atoms with van der Waals surface area (Å²) >= 11 is 0. The van der Waals surface area contributed by atoms with Gasteiger partial charge < -0.3 is 10.1 Å². The molecule has 0 heterocycles. The van der Waals surface area contributed by atoms with Gasteiger partial charge in [-0.2, -0.15) is 0 Å². The lowest BCUT2D eigenvalue weighted by atomic mass is 9.87. The minimum Gasteiger partial charge on any atom is -0.445 e. The summed E-state index contributed by atoms with van der Waals surface area (Å²) in [5, 5.41) is 2.84. The molecule has 0 bridgehead atoms. The van der Waals surface area contributed by atoms with Crippen LogP contribution in [0.4, 0.5) is 5.69 Å². The van der Waals surface area contributed by atoms with Crippen molar-refractivity contribution in [2.45, 2.75) is 32.3 Å². The van der Waals surface area contributed by atoms with E-state index in [-0.39, 0.29) is 22.7 Å². The summed E-state index contributed by atoms with van der Waals surface area (Å²) in [5.74, 6) is -1.18. The van der Waals surface area contributed by atoms with Crippen LogP contribution < -0.4 is 5.32 Å². The Morgan fingerprint density at radius 3 is 1.76 bits per heavy atom. The highest BCUT2D eigenvalue weighted by Gasteiger charge is 2.26. The molecule has 5 nitrogen and oxygen atoms in total. The van der Waals surface area contributed by atoms with Crippen LogP contribution in [-0.4, -0.2) is 17.7 Å². The van der Waals surface area contributed by atoms with Gasteiger partial charge in [-0.15, -0.1) is 0 Å². The van der Waals surface area contributed by atoms with Gasteiger partial charge in [-0.3, -0.25) is 9.59 Å². The molecule has 5 heteroatoms. The van der Waals surface area contributed by atoms with Crippen LogP contribution in [0.1, 0.15) is 69.1 Å². The number of ether oxygens (including phenoxy) is 1. The van der Waals surface area contributed by atoms with Crippen LogP contribution in [0, 0.1) is 0 Å². The average Bonchev–Trinajstić information content (AvgIpc) is 2.92. The van der Waals surface area contributed by atoms with Crippen LogP contribution in [-0.2, 0) is 10.2 Å². The zero-order valence-corrected chi connectivity index (χ0v) is 21.1. The molecule has 4 rings (SSSR count). The van der Waals surface area contributed by atoms with Gasteiger partial charge in [0.2, 0.25) is 5.78 Å². The van der Waals surface area contributed by atoms with E-state index in [2.05, 4.69) is 26.1 Å². The largest absolute Gasteiger partial charge is 0.445 e. The van der Waals surface area contributed by atoms with Crippen molar-refractivity contribution in [1.29, 1.82) is 0 Å². The summed E-state index contributed by atoms with van der Waals surface area (Å²) in [4.78, 5) is 38.8. The lowest BCUT2D eigenvalue weighted by molar-refractivity contribution is 0.0280. The number of amides is 1. The molecule has 0 saturated carbocycles. The molecule has 0 aromatic heterocycles. The number of Topliss-reactive ketones (excluding diaryl/α,β-unsaturated/α-hetero) is 1. The fourth-order valence-electron chi connectivity index (χ4n) is 3.84. The molecule has 0 radical (unpaired) electrons. The highest BCUT2D eigenvalue weighted by molar-refractivity contribution is 6.05. The van der Waals surface area contributed by atoms with Gasteiger partial charge in [0.05, 0.1) is 5.56 Å². The summed E-state index contributed by atoms with van der Waals surface area (Å²) in [6.45, 7) is 6.36. The van der Waals surface area contributed by atoms with Gasteiger partial charge in [-0.25, -0.2) is 4.79 Å². The van der Waals surface area contributed by atoms with E-state index < -0.39 is 12.1 Å². The predicted octanol–water partition coefficient (Wildman–Crippen LogP) is 7.02. The number of anilines is 1. The van der Waals surface area contributed by atoms with E-state index >= 15 is 0 Å². The Labute approximate surface area is 217 Å². The maximum Gasteiger partial charge on any atom is 0.339 e. The van der Waals surface area contributed by atoms with Crippen molar-refractivity contribution in [2.24, 2.45) is 0 Å². The number of hydrogen-bond acceptors (Lipinski definition) is 4. The Bertz CT molecular complexity index is 1370. The SMILES string of the molecule is CC(C)(C)c1ccc(C(=O)Nc2ccc(C(=O)OC(C(=O)c3ccccc3)c3ccccc3)cc2)cc1. The maximum atomic E-state index is 13.2. The van der Waals surface area contributed by atoms with Crippen LogP contribution in [0.15, 0.2) is 109 Å². The third kappa shape index (κ3) is 6.39. The number of carbonyl (C=O) groups excluding carboxylic acids is 3. The zero-order chi connectivity index (χ0) is 26.4. The second kappa shape index (κ2) is 11.0. The van der Waals surface area contributed by atoms with Crippen molar-refractivity contribution < 1.29 is 19.1 Å². The Morgan fingerprint density at radius 2 is 1.19 bits per heavy atom. The quantitative estimate of drug-likeness (QED) is 0.223. The first kappa shape index (κ1) is 25.6. The minimum absolute atomic E-state index is 0.00464. The van der Waals surface area contributed by atoms with Gasteiger partial charge >= 0.3 is 5.97 Å². The fraction of sp³-hybridized carbons (Fsp3) is 0.156. The Kier molecular flexibility index (Phi) is 7.63. The monoisotopic (exact) mass is 491 g/mol. The number of hydrogen-bond donors (Lipinski definition) is 1. The Balaban J connectivity index is 1.46.